The molecule has 0 bridgehead atoms. The van der Waals surface area contributed by atoms with Crippen molar-refractivity contribution >= 4 is 29.3 Å². The standard InChI is InChI=1S/C14H17ClN2O4/c1-14(5-7-21-8-6-14)17-13(20)16-10-4-2-3-9(15)11(10)12(18)19/h2-4H,5-8H2,1H3,(H,18,19)(H2,16,17,20). The molecule has 0 radical (unpaired) electrons. The highest BCUT2D eigenvalue weighted by molar-refractivity contribution is 6.34. The number of carbonyl (C=O) groups is 2. The molecule has 1 saturated heterocycles. The predicted octanol–water partition coefficient (Wildman–Crippen LogP) is 2.73. The van der Waals surface area contributed by atoms with Gasteiger partial charge >= 0.3 is 12.0 Å². The molecule has 1 heterocycles. The van der Waals surface area contributed by atoms with E-state index in [1.807, 2.05) is 6.92 Å². The molecule has 0 atom stereocenters. The zero-order valence-corrected chi connectivity index (χ0v) is 12.4. The van der Waals surface area contributed by atoms with Gasteiger partial charge in [0.25, 0.3) is 0 Å². The van der Waals surface area contributed by atoms with Gasteiger partial charge in [-0.1, -0.05) is 17.7 Å². The lowest BCUT2D eigenvalue weighted by Gasteiger charge is -2.34. The van der Waals surface area contributed by atoms with Crippen LogP contribution in [0.15, 0.2) is 18.2 Å². The summed E-state index contributed by atoms with van der Waals surface area (Å²) in [6.45, 7) is 3.12. The van der Waals surface area contributed by atoms with Gasteiger partial charge in [0.1, 0.15) is 5.56 Å². The first-order valence-corrected chi connectivity index (χ1v) is 6.98. The van der Waals surface area contributed by atoms with E-state index in [2.05, 4.69) is 10.6 Å². The molecule has 1 aliphatic rings. The van der Waals surface area contributed by atoms with Gasteiger partial charge in [-0.25, -0.2) is 9.59 Å². The van der Waals surface area contributed by atoms with Crippen molar-refractivity contribution in [1.82, 2.24) is 5.32 Å². The average molecular weight is 313 g/mol. The Morgan fingerprint density at radius 3 is 2.62 bits per heavy atom. The molecule has 6 nitrogen and oxygen atoms in total. The number of urea groups is 1. The van der Waals surface area contributed by atoms with E-state index in [1.54, 1.807) is 6.07 Å². The summed E-state index contributed by atoms with van der Waals surface area (Å²) in [5.41, 5.74) is -0.306. The van der Waals surface area contributed by atoms with E-state index in [4.69, 9.17) is 21.4 Å². The molecule has 7 heteroatoms. The lowest BCUT2D eigenvalue weighted by molar-refractivity contribution is 0.0499. The minimum Gasteiger partial charge on any atom is -0.478 e. The summed E-state index contributed by atoms with van der Waals surface area (Å²) in [5, 5.41) is 14.7. The van der Waals surface area contributed by atoms with Crippen LogP contribution in [0.1, 0.15) is 30.1 Å². The van der Waals surface area contributed by atoms with Crippen molar-refractivity contribution in [1.29, 1.82) is 0 Å². The highest BCUT2D eigenvalue weighted by Gasteiger charge is 2.29. The molecule has 1 fully saturated rings. The van der Waals surface area contributed by atoms with Gasteiger partial charge in [0, 0.05) is 18.8 Å². The van der Waals surface area contributed by atoms with E-state index in [0.29, 0.717) is 26.1 Å². The van der Waals surface area contributed by atoms with E-state index < -0.39 is 12.0 Å². The fourth-order valence-corrected chi connectivity index (χ4v) is 2.48. The van der Waals surface area contributed by atoms with Gasteiger partial charge in [-0.2, -0.15) is 0 Å². The van der Waals surface area contributed by atoms with Crippen molar-refractivity contribution < 1.29 is 19.4 Å². The van der Waals surface area contributed by atoms with Crippen LogP contribution in [-0.4, -0.2) is 35.9 Å². The Balaban J connectivity index is 2.09. The van der Waals surface area contributed by atoms with Gasteiger partial charge < -0.3 is 20.5 Å². The van der Waals surface area contributed by atoms with Crippen LogP contribution in [0.3, 0.4) is 0 Å². The van der Waals surface area contributed by atoms with Gasteiger partial charge in [-0.3, -0.25) is 0 Å². The molecule has 0 spiro atoms. The zero-order valence-electron chi connectivity index (χ0n) is 11.6. The minimum atomic E-state index is -1.19. The number of aromatic carboxylic acids is 1. The summed E-state index contributed by atoms with van der Waals surface area (Å²) in [6.07, 6.45) is 1.42. The van der Waals surface area contributed by atoms with Crippen molar-refractivity contribution in [3.63, 3.8) is 0 Å². The molecule has 0 aliphatic carbocycles. The highest BCUT2D eigenvalue weighted by atomic mass is 35.5. The molecule has 0 aromatic heterocycles. The summed E-state index contributed by atoms with van der Waals surface area (Å²) in [5.74, 6) is -1.19. The number of carboxylic acids is 1. The number of amides is 2. The molecule has 114 valence electrons. The summed E-state index contributed by atoms with van der Waals surface area (Å²) < 4.78 is 5.26. The van der Waals surface area contributed by atoms with Gasteiger partial charge in [-0.05, 0) is 31.9 Å². The summed E-state index contributed by atoms with van der Waals surface area (Å²) in [4.78, 5) is 23.3. The average Bonchev–Trinajstić information content (AvgIpc) is 2.38. The summed E-state index contributed by atoms with van der Waals surface area (Å²) >= 11 is 5.86. The van der Waals surface area contributed by atoms with E-state index in [0.717, 1.165) is 0 Å². The SMILES string of the molecule is CC1(NC(=O)Nc2cccc(Cl)c2C(=O)O)CCOCC1. The van der Waals surface area contributed by atoms with Crippen molar-refractivity contribution in [3.8, 4) is 0 Å². The lowest BCUT2D eigenvalue weighted by atomic mass is 9.93. The first-order valence-electron chi connectivity index (χ1n) is 6.60. The number of rotatable bonds is 3. The van der Waals surface area contributed by atoms with Crippen LogP contribution in [0.5, 0.6) is 0 Å². The van der Waals surface area contributed by atoms with Crippen LogP contribution in [0.25, 0.3) is 0 Å². The molecule has 2 amide bonds. The van der Waals surface area contributed by atoms with Crippen LogP contribution in [0.2, 0.25) is 5.02 Å². The largest absolute Gasteiger partial charge is 0.478 e. The van der Waals surface area contributed by atoms with E-state index in [1.165, 1.54) is 12.1 Å². The second-order valence-electron chi connectivity index (χ2n) is 5.22. The first kappa shape index (κ1) is 15.6. The number of carboxylic acid groups (broad SMARTS) is 1. The lowest BCUT2D eigenvalue weighted by Crippen LogP contribution is -2.51. The maximum Gasteiger partial charge on any atom is 0.339 e. The number of nitrogens with one attached hydrogen (secondary N) is 2. The Bertz CT molecular complexity index is 556. The van der Waals surface area contributed by atoms with Crippen LogP contribution < -0.4 is 10.6 Å². The number of hydrogen-bond acceptors (Lipinski definition) is 3. The fourth-order valence-electron chi connectivity index (χ4n) is 2.22. The Kier molecular flexibility index (Phi) is 4.69. The fraction of sp³-hybridized carbons (Fsp3) is 0.429. The molecular weight excluding hydrogens is 296 g/mol. The third-order valence-electron chi connectivity index (χ3n) is 3.49. The van der Waals surface area contributed by atoms with E-state index in [9.17, 15) is 9.59 Å². The van der Waals surface area contributed by atoms with Gasteiger partial charge in [0.05, 0.1) is 10.7 Å². The molecule has 1 aromatic carbocycles. The quantitative estimate of drug-likeness (QED) is 0.800. The van der Waals surface area contributed by atoms with Crippen LogP contribution in [-0.2, 0) is 4.74 Å². The third-order valence-corrected chi connectivity index (χ3v) is 3.80. The van der Waals surface area contributed by atoms with Crippen LogP contribution >= 0.6 is 11.6 Å². The van der Waals surface area contributed by atoms with Gasteiger partial charge in [0.2, 0.25) is 0 Å². The Morgan fingerprint density at radius 2 is 2.00 bits per heavy atom. The number of anilines is 1. The number of hydrogen-bond donors (Lipinski definition) is 3. The minimum absolute atomic E-state index is 0.0811. The first-order chi connectivity index (χ1) is 9.91. The Morgan fingerprint density at radius 1 is 1.33 bits per heavy atom. The summed E-state index contributed by atoms with van der Waals surface area (Å²) in [6, 6.07) is 4.10. The van der Waals surface area contributed by atoms with E-state index in [-0.39, 0.29) is 21.8 Å². The van der Waals surface area contributed by atoms with Gasteiger partial charge in [0.15, 0.2) is 0 Å². The molecule has 2 rings (SSSR count). The molecule has 3 N–H and O–H groups in total. The predicted molar refractivity (Wildman–Crippen MR) is 79.0 cm³/mol. The van der Waals surface area contributed by atoms with Crippen molar-refractivity contribution in [2.75, 3.05) is 18.5 Å². The molecule has 1 aromatic rings. The Labute approximate surface area is 127 Å². The zero-order chi connectivity index (χ0) is 15.5. The monoisotopic (exact) mass is 312 g/mol. The van der Waals surface area contributed by atoms with Crippen LogP contribution in [0.4, 0.5) is 10.5 Å². The van der Waals surface area contributed by atoms with E-state index >= 15 is 0 Å². The number of ether oxygens (including phenoxy) is 1. The highest BCUT2D eigenvalue weighted by Crippen LogP contribution is 2.25. The molecule has 1 aliphatic heterocycles. The number of halogens is 1. The topological polar surface area (TPSA) is 87.7 Å². The molecule has 0 unspecified atom stereocenters. The summed E-state index contributed by atoms with van der Waals surface area (Å²) in [7, 11) is 0. The maximum absolute atomic E-state index is 12.1. The Hall–Kier alpha value is -1.79. The molecule has 21 heavy (non-hydrogen) atoms. The normalized spacial score (nSPS) is 17.0. The molecule has 0 saturated carbocycles. The molecular formula is C14H17ClN2O4. The number of carbonyl (C=O) groups excluding carboxylic acids is 1. The van der Waals surface area contributed by atoms with Crippen molar-refractivity contribution in [2.45, 2.75) is 25.3 Å². The smallest absolute Gasteiger partial charge is 0.339 e. The second-order valence-corrected chi connectivity index (χ2v) is 5.63. The third kappa shape index (κ3) is 3.86. The maximum atomic E-state index is 12.1. The number of benzene rings is 1. The van der Waals surface area contributed by atoms with Crippen LogP contribution in [0, 0.1) is 0 Å². The van der Waals surface area contributed by atoms with Crippen molar-refractivity contribution in [3.05, 3.63) is 28.8 Å². The second kappa shape index (κ2) is 6.32. The van der Waals surface area contributed by atoms with Gasteiger partial charge in [-0.15, -0.1) is 0 Å². The van der Waals surface area contributed by atoms with Crippen molar-refractivity contribution in [2.24, 2.45) is 0 Å².